The van der Waals surface area contributed by atoms with Crippen molar-refractivity contribution in [2.24, 2.45) is 5.73 Å². The third-order valence-corrected chi connectivity index (χ3v) is 7.65. The number of hydrogen-bond donors (Lipinski definition) is 1. The van der Waals surface area contributed by atoms with Crippen molar-refractivity contribution in [2.45, 2.75) is 5.92 Å². The van der Waals surface area contributed by atoms with Gasteiger partial charge in [-0.25, -0.2) is 4.68 Å². The average Bonchev–Trinajstić information content (AvgIpc) is 3.57. The van der Waals surface area contributed by atoms with E-state index in [2.05, 4.69) is 18.2 Å². The summed E-state index contributed by atoms with van der Waals surface area (Å²) in [4.78, 5) is 2.02. The van der Waals surface area contributed by atoms with Gasteiger partial charge in [-0.15, -0.1) is 22.7 Å². The fourth-order valence-corrected chi connectivity index (χ4v) is 6.10. The second-order valence-corrected chi connectivity index (χ2v) is 9.44. The van der Waals surface area contributed by atoms with Crippen molar-refractivity contribution >= 4 is 32.8 Å². The molecule has 2 N–H and O–H groups in total. The molecule has 32 heavy (non-hydrogen) atoms. The van der Waals surface area contributed by atoms with Gasteiger partial charge in [-0.2, -0.15) is 10.4 Å². The number of fused-ring (bicyclic) bond motifs is 3. The molecule has 1 aliphatic rings. The molecule has 0 saturated carbocycles. The molecule has 0 spiro atoms. The van der Waals surface area contributed by atoms with Crippen LogP contribution in [-0.4, -0.2) is 9.78 Å². The predicted octanol–water partition coefficient (Wildman–Crippen LogP) is 6.03. The summed E-state index contributed by atoms with van der Waals surface area (Å²) in [6, 6.07) is 24.4. The van der Waals surface area contributed by atoms with Gasteiger partial charge >= 0.3 is 0 Å². The number of thiophene rings is 2. The van der Waals surface area contributed by atoms with E-state index in [1.54, 1.807) is 22.7 Å². The van der Waals surface area contributed by atoms with Gasteiger partial charge in [0.15, 0.2) is 5.75 Å². The van der Waals surface area contributed by atoms with Crippen molar-refractivity contribution in [1.82, 2.24) is 9.78 Å². The molecule has 2 aromatic carbocycles. The zero-order valence-corrected chi connectivity index (χ0v) is 18.4. The molecule has 5 aromatic rings. The summed E-state index contributed by atoms with van der Waals surface area (Å²) >= 11 is 3.26. The molecular weight excluding hydrogens is 436 g/mol. The molecule has 0 saturated heterocycles. The number of rotatable bonds is 3. The first-order valence-electron chi connectivity index (χ1n) is 10.0. The summed E-state index contributed by atoms with van der Waals surface area (Å²) in [6.07, 6.45) is 2.01. The van der Waals surface area contributed by atoms with Crippen molar-refractivity contribution in [3.05, 3.63) is 100 Å². The highest BCUT2D eigenvalue weighted by atomic mass is 32.1. The van der Waals surface area contributed by atoms with Gasteiger partial charge in [0.05, 0.1) is 21.4 Å². The number of para-hydroxylation sites is 1. The molecule has 0 fully saturated rings. The highest BCUT2D eigenvalue weighted by molar-refractivity contribution is 7.19. The molecule has 6 rings (SSSR count). The smallest absolute Gasteiger partial charge is 0.205 e. The maximum atomic E-state index is 10.1. The molecule has 0 radical (unpaired) electrons. The lowest BCUT2D eigenvalue weighted by Gasteiger charge is -2.23. The number of ether oxygens (including phenoxy) is 1. The molecule has 5 nitrogen and oxygen atoms in total. The van der Waals surface area contributed by atoms with Crippen LogP contribution in [0.4, 0.5) is 0 Å². The van der Waals surface area contributed by atoms with Gasteiger partial charge < -0.3 is 10.5 Å². The lowest BCUT2D eigenvalue weighted by Crippen LogP contribution is -2.19. The Morgan fingerprint density at radius 1 is 1.03 bits per heavy atom. The SMILES string of the molecule is N#CC1=C(N)Oc2c(sc3ccccc23)[C@@H]1c1cn(-c2ccccc2)nc1-c1cccs1. The molecule has 0 unspecified atom stereocenters. The quantitative estimate of drug-likeness (QED) is 0.362. The van der Waals surface area contributed by atoms with Crippen LogP contribution in [0.15, 0.2) is 89.8 Å². The number of nitrogens with zero attached hydrogens (tertiary/aromatic N) is 3. The molecular formula is C25H16N4OS2. The molecule has 1 aliphatic heterocycles. The Kier molecular flexibility index (Phi) is 4.35. The van der Waals surface area contributed by atoms with E-state index in [9.17, 15) is 5.26 Å². The molecule has 7 heteroatoms. The molecule has 3 aromatic heterocycles. The Balaban J connectivity index is 1.64. The summed E-state index contributed by atoms with van der Waals surface area (Å²) in [5.41, 5.74) is 9.43. The van der Waals surface area contributed by atoms with Crippen LogP contribution < -0.4 is 10.5 Å². The minimum atomic E-state index is -0.351. The number of benzene rings is 2. The van der Waals surface area contributed by atoms with Crippen LogP contribution in [0.3, 0.4) is 0 Å². The van der Waals surface area contributed by atoms with E-state index in [-0.39, 0.29) is 11.8 Å². The minimum absolute atomic E-state index is 0.151. The Bertz CT molecular complexity index is 1520. The Morgan fingerprint density at radius 2 is 1.84 bits per heavy atom. The van der Waals surface area contributed by atoms with Crippen molar-refractivity contribution in [3.8, 4) is 28.1 Å². The number of aromatic nitrogens is 2. The average molecular weight is 453 g/mol. The van der Waals surface area contributed by atoms with Crippen LogP contribution in [0, 0.1) is 11.3 Å². The highest BCUT2D eigenvalue weighted by Gasteiger charge is 2.36. The van der Waals surface area contributed by atoms with Crippen LogP contribution in [-0.2, 0) is 0 Å². The Morgan fingerprint density at radius 3 is 2.62 bits per heavy atom. The van der Waals surface area contributed by atoms with E-state index in [0.29, 0.717) is 5.57 Å². The number of nitriles is 1. The zero-order chi connectivity index (χ0) is 21.7. The van der Waals surface area contributed by atoms with Crippen molar-refractivity contribution in [2.75, 3.05) is 0 Å². The van der Waals surface area contributed by atoms with Gasteiger partial charge in [0.2, 0.25) is 5.88 Å². The first kappa shape index (κ1) is 18.9. The van der Waals surface area contributed by atoms with Gasteiger partial charge in [-0.1, -0.05) is 36.4 Å². The van der Waals surface area contributed by atoms with Gasteiger partial charge in [0.25, 0.3) is 0 Å². The highest BCUT2D eigenvalue weighted by Crippen LogP contribution is 2.51. The van der Waals surface area contributed by atoms with Gasteiger partial charge in [0.1, 0.15) is 17.3 Å². The van der Waals surface area contributed by atoms with E-state index >= 15 is 0 Å². The normalized spacial score (nSPS) is 15.4. The van der Waals surface area contributed by atoms with Crippen LogP contribution in [0.5, 0.6) is 5.75 Å². The van der Waals surface area contributed by atoms with Crippen LogP contribution >= 0.6 is 22.7 Å². The van der Waals surface area contributed by atoms with E-state index in [1.807, 2.05) is 70.9 Å². The third-order valence-electron chi connectivity index (χ3n) is 5.55. The number of allylic oxidation sites excluding steroid dienone is 1. The van der Waals surface area contributed by atoms with E-state index in [1.165, 1.54) is 0 Å². The minimum Gasteiger partial charge on any atom is -0.439 e. The monoisotopic (exact) mass is 452 g/mol. The zero-order valence-electron chi connectivity index (χ0n) is 16.7. The van der Waals surface area contributed by atoms with Crippen molar-refractivity contribution in [1.29, 1.82) is 5.26 Å². The second-order valence-electron chi connectivity index (χ2n) is 7.41. The second kappa shape index (κ2) is 7.38. The summed E-state index contributed by atoms with van der Waals surface area (Å²) < 4.78 is 8.96. The number of hydrogen-bond acceptors (Lipinski definition) is 6. The van der Waals surface area contributed by atoms with Crippen LogP contribution in [0.25, 0.3) is 26.3 Å². The summed E-state index contributed by atoms with van der Waals surface area (Å²) in [5.74, 6) is 0.533. The molecule has 154 valence electrons. The summed E-state index contributed by atoms with van der Waals surface area (Å²) in [6.45, 7) is 0. The van der Waals surface area contributed by atoms with E-state index in [4.69, 9.17) is 15.6 Å². The first-order valence-corrected chi connectivity index (χ1v) is 11.7. The van der Waals surface area contributed by atoms with Gasteiger partial charge in [-0.3, -0.25) is 0 Å². The fourth-order valence-electron chi connectivity index (χ4n) is 4.11. The largest absolute Gasteiger partial charge is 0.439 e. The van der Waals surface area contributed by atoms with Gasteiger partial charge in [0, 0.05) is 21.8 Å². The molecule has 0 aliphatic carbocycles. The lowest BCUT2D eigenvalue weighted by molar-refractivity contribution is 0.401. The molecule has 0 bridgehead atoms. The standard InChI is InChI=1S/C25H16N4OS2/c26-13-17-21(24-23(30-25(17)27)16-9-4-5-10-19(16)32-24)18-14-29(15-7-2-1-3-8-15)28-22(18)20-11-6-12-31-20/h1-12,14,21H,27H2/t21-/m0/s1. The Labute approximate surface area is 192 Å². The lowest BCUT2D eigenvalue weighted by atomic mass is 9.88. The fraction of sp³-hybridized carbons (Fsp3) is 0.0400. The summed E-state index contributed by atoms with van der Waals surface area (Å²) in [7, 11) is 0. The first-order chi connectivity index (χ1) is 15.7. The van der Waals surface area contributed by atoms with Gasteiger partial charge in [-0.05, 0) is 35.7 Å². The van der Waals surface area contributed by atoms with Crippen LogP contribution in [0.2, 0.25) is 0 Å². The third kappa shape index (κ3) is 2.85. The maximum absolute atomic E-state index is 10.1. The predicted molar refractivity (Wildman–Crippen MR) is 128 cm³/mol. The maximum Gasteiger partial charge on any atom is 0.205 e. The van der Waals surface area contributed by atoms with E-state index in [0.717, 1.165) is 42.5 Å². The molecule has 4 heterocycles. The van der Waals surface area contributed by atoms with Crippen molar-refractivity contribution < 1.29 is 4.74 Å². The van der Waals surface area contributed by atoms with Crippen LogP contribution in [0.1, 0.15) is 16.4 Å². The summed E-state index contributed by atoms with van der Waals surface area (Å²) in [5, 5.41) is 18.0. The Hall–Kier alpha value is -3.86. The number of nitrogens with two attached hydrogens (primary N) is 1. The molecule has 0 amide bonds. The van der Waals surface area contributed by atoms with Crippen molar-refractivity contribution in [3.63, 3.8) is 0 Å². The topological polar surface area (TPSA) is 76.9 Å². The molecule has 1 atom stereocenters. The van der Waals surface area contributed by atoms with E-state index < -0.39 is 0 Å².